The van der Waals surface area contributed by atoms with Gasteiger partial charge in [0.2, 0.25) is 0 Å². The van der Waals surface area contributed by atoms with Gasteiger partial charge >= 0.3 is 0 Å². The van der Waals surface area contributed by atoms with Crippen molar-refractivity contribution in [1.29, 1.82) is 0 Å². The van der Waals surface area contributed by atoms with Crippen LogP contribution in [-0.4, -0.2) is 26.7 Å². The number of amides is 1. The number of hydrogen-bond donors (Lipinski definition) is 1. The van der Waals surface area contributed by atoms with Crippen molar-refractivity contribution in [3.63, 3.8) is 0 Å². The summed E-state index contributed by atoms with van der Waals surface area (Å²) >= 11 is 0. The number of carbonyl (C=O) groups is 1. The number of pyridine rings is 1. The highest BCUT2D eigenvalue weighted by atomic mass is 16.3. The quantitative estimate of drug-likeness (QED) is 0.779. The Labute approximate surface area is 140 Å². The molecular weight excluding hydrogens is 304 g/mol. The SMILES string of the molecule is CCCC(C)NC(=O)c1cc(-c2ccco2)nc2c1c(C)nn2C. The van der Waals surface area contributed by atoms with Gasteiger partial charge in [-0.1, -0.05) is 13.3 Å². The Balaban J connectivity index is 2.12. The van der Waals surface area contributed by atoms with E-state index >= 15 is 0 Å². The van der Waals surface area contributed by atoms with Gasteiger partial charge < -0.3 is 9.73 Å². The molecule has 0 aliphatic rings. The summed E-state index contributed by atoms with van der Waals surface area (Å²) in [5, 5.41) is 8.26. The van der Waals surface area contributed by atoms with Crippen LogP contribution in [0.15, 0.2) is 28.9 Å². The molecule has 6 nitrogen and oxygen atoms in total. The normalized spacial score (nSPS) is 12.5. The number of aryl methyl sites for hydroxylation is 2. The highest BCUT2D eigenvalue weighted by molar-refractivity contribution is 6.07. The molecule has 0 saturated heterocycles. The molecule has 0 fully saturated rings. The van der Waals surface area contributed by atoms with E-state index in [2.05, 4.69) is 22.3 Å². The molecule has 0 spiro atoms. The highest BCUT2D eigenvalue weighted by Crippen LogP contribution is 2.27. The summed E-state index contributed by atoms with van der Waals surface area (Å²) in [7, 11) is 1.83. The Kier molecular flexibility index (Phi) is 4.38. The number of rotatable bonds is 5. The first-order chi connectivity index (χ1) is 11.5. The smallest absolute Gasteiger partial charge is 0.252 e. The summed E-state index contributed by atoms with van der Waals surface area (Å²) < 4.78 is 7.14. The Morgan fingerprint density at radius 1 is 1.46 bits per heavy atom. The molecule has 0 radical (unpaired) electrons. The van der Waals surface area contributed by atoms with Crippen molar-refractivity contribution in [3.05, 3.63) is 35.7 Å². The van der Waals surface area contributed by atoms with Crippen molar-refractivity contribution in [2.75, 3.05) is 0 Å². The summed E-state index contributed by atoms with van der Waals surface area (Å²) in [5.74, 6) is 0.527. The van der Waals surface area contributed by atoms with Gasteiger partial charge in [-0.2, -0.15) is 5.10 Å². The van der Waals surface area contributed by atoms with Crippen molar-refractivity contribution in [2.24, 2.45) is 7.05 Å². The predicted molar refractivity (Wildman–Crippen MR) is 92.8 cm³/mol. The minimum atomic E-state index is -0.104. The lowest BCUT2D eigenvalue weighted by atomic mass is 10.1. The zero-order valence-electron chi connectivity index (χ0n) is 14.5. The van der Waals surface area contributed by atoms with Crippen molar-refractivity contribution < 1.29 is 9.21 Å². The summed E-state index contributed by atoms with van der Waals surface area (Å²) in [6, 6.07) is 5.54. The number of fused-ring (bicyclic) bond motifs is 1. The number of furan rings is 1. The average Bonchev–Trinajstić information content (AvgIpc) is 3.16. The third-order valence-corrected chi connectivity index (χ3v) is 4.09. The molecule has 126 valence electrons. The van der Waals surface area contributed by atoms with Crippen molar-refractivity contribution in [2.45, 2.75) is 39.7 Å². The van der Waals surface area contributed by atoms with Gasteiger partial charge in [-0.3, -0.25) is 9.48 Å². The molecule has 1 atom stereocenters. The molecule has 3 heterocycles. The summed E-state index contributed by atoms with van der Waals surface area (Å²) in [6.45, 7) is 6.01. The molecular formula is C18H22N4O2. The second-order valence-electron chi connectivity index (χ2n) is 6.10. The molecule has 3 rings (SSSR count). The molecule has 0 aromatic carbocycles. The number of nitrogens with zero attached hydrogens (tertiary/aromatic N) is 3. The third kappa shape index (κ3) is 2.91. The van der Waals surface area contributed by atoms with Crippen LogP contribution < -0.4 is 5.32 Å². The van der Waals surface area contributed by atoms with Crippen LogP contribution in [-0.2, 0) is 7.05 Å². The van der Waals surface area contributed by atoms with Gasteiger partial charge in [0.05, 0.1) is 22.9 Å². The van der Waals surface area contributed by atoms with Crippen molar-refractivity contribution in [1.82, 2.24) is 20.1 Å². The maximum Gasteiger partial charge on any atom is 0.252 e. The lowest BCUT2D eigenvalue weighted by Gasteiger charge is -2.14. The lowest BCUT2D eigenvalue weighted by molar-refractivity contribution is 0.0940. The first-order valence-corrected chi connectivity index (χ1v) is 8.20. The lowest BCUT2D eigenvalue weighted by Crippen LogP contribution is -2.32. The Morgan fingerprint density at radius 2 is 2.25 bits per heavy atom. The number of nitrogens with one attached hydrogen (secondary N) is 1. The van der Waals surface area contributed by atoms with E-state index in [-0.39, 0.29) is 11.9 Å². The summed E-state index contributed by atoms with van der Waals surface area (Å²) in [6.07, 6.45) is 3.56. The van der Waals surface area contributed by atoms with Crippen molar-refractivity contribution >= 4 is 16.9 Å². The standard InChI is InChI=1S/C18H22N4O2/c1-5-7-11(2)19-18(23)13-10-14(15-8-6-9-24-15)20-17-16(13)12(3)21-22(17)4/h6,8-11H,5,7H2,1-4H3,(H,19,23). The fourth-order valence-electron chi connectivity index (χ4n) is 2.98. The van der Waals surface area contributed by atoms with Crippen LogP contribution in [0.1, 0.15) is 42.7 Å². The first-order valence-electron chi connectivity index (χ1n) is 8.20. The minimum Gasteiger partial charge on any atom is -0.463 e. The molecule has 0 aliphatic heterocycles. The zero-order valence-corrected chi connectivity index (χ0v) is 14.5. The third-order valence-electron chi connectivity index (χ3n) is 4.09. The van der Waals surface area contributed by atoms with E-state index in [1.807, 2.05) is 27.0 Å². The van der Waals surface area contributed by atoms with Crippen LogP contribution in [0.4, 0.5) is 0 Å². The first kappa shape index (κ1) is 16.2. The van der Waals surface area contributed by atoms with Crippen LogP contribution in [0.3, 0.4) is 0 Å². The molecule has 1 unspecified atom stereocenters. The Hall–Kier alpha value is -2.63. The summed E-state index contributed by atoms with van der Waals surface area (Å²) in [4.78, 5) is 17.4. The average molecular weight is 326 g/mol. The molecule has 0 aliphatic carbocycles. The fraction of sp³-hybridized carbons (Fsp3) is 0.389. The maximum atomic E-state index is 12.8. The number of aromatic nitrogens is 3. The monoisotopic (exact) mass is 326 g/mol. The van der Waals surface area contributed by atoms with E-state index in [0.29, 0.717) is 22.7 Å². The molecule has 1 N–H and O–H groups in total. The van der Waals surface area contributed by atoms with E-state index in [1.54, 1.807) is 23.1 Å². The topological polar surface area (TPSA) is 73.0 Å². The molecule has 0 bridgehead atoms. The zero-order chi connectivity index (χ0) is 17.3. The van der Waals surface area contributed by atoms with Gasteiger partial charge in [-0.15, -0.1) is 0 Å². The Bertz CT molecular complexity index is 865. The van der Waals surface area contributed by atoms with Gasteiger partial charge in [0.1, 0.15) is 5.69 Å². The molecule has 24 heavy (non-hydrogen) atoms. The second kappa shape index (κ2) is 6.47. The van der Waals surface area contributed by atoms with Gasteiger partial charge in [0.25, 0.3) is 5.91 Å². The van der Waals surface area contributed by atoms with Gasteiger partial charge in [-0.05, 0) is 38.5 Å². The largest absolute Gasteiger partial charge is 0.463 e. The molecule has 0 saturated carbocycles. The van der Waals surface area contributed by atoms with E-state index < -0.39 is 0 Å². The second-order valence-corrected chi connectivity index (χ2v) is 6.10. The molecule has 3 aromatic heterocycles. The predicted octanol–water partition coefficient (Wildman–Crippen LogP) is 3.46. The van der Waals surface area contributed by atoms with Crippen LogP contribution >= 0.6 is 0 Å². The van der Waals surface area contributed by atoms with Crippen LogP contribution in [0.5, 0.6) is 0 Å². The van der Waals surface area contributed by atoms with E-state index in [4.69, 9.17) is 4.42 Å². The number of carbonyl (C=O) groups excluding carboxylic acids is 1. The molecule has 1 amide bonds. The van der Waals surface area contributed by atoms with Gasteiger partial charge in [0, 0.05) is 13.1 Å². The minimum absolute atomic E-state index is 0.104. The summed E-state index contributed by atoms with van der Waals surface area (Å²) in [5.41, 5.74) is 2.68. The molecule has 3 aromatic rings. The fourth-order valence-corrected chi connectivity index (χ4v) is 2.98. The van der Waals surface area contributed by atoms with Crippen LogP contribution in [0.2, 0.25) is 0 Å². The molecule has 6 heteroatoms. The van der Waals surface area contributed by atoms with Gasteiger partial charge in [0.15, 0.2) is 11.4 Å². The van der Waals surface area contributed by atoms with Crippen LogP contribution in [0, 0.1) is 6.92 Å². The highest BCUT2D eigenvalue weighted by Gasteiger charge is 2.20. The van der Waals surface area contributed by atoms with E-state index in [9.17, 15) is 4.79 Å². The van der Waals surface area contributed by atoms with Crippen LogP contribution in [0.25, 0.3) is 22.5 Å². The maximum absolute atomic E-state index is 12.8. The Morgan fingerprint density at radius 3 is 2.92 bits per heavy atom. The van der Waals surface area contributed by atoms with Gasteiger partial charge in [-0.25, -0.2) is 4.98 Å². The van der Waals surface area contributed by atoms with E-state index in [0.717, 1.165) is 23.9 Å². The van der Waals surface area contributed by atoms with Crippen molar-refractivity contribution in [3.8, 4) is 11.5 Å². The number of hydrogen-bond acceptors (Lipinski definition) is 4. The van der Waals surface area contributed by atoms with E-state index in [1.165, 1.54) is 0 Å².